The second kappa shape index (κ2) is 8.19. The van der Waals surface area contributed by atoms with Crippen molar-refractivity contribution >= 4 is 6.09 Å². The van der Waals surface area contributed by atoms with Crippen LogP contribution in [0, 0.1) is 0 Å². The van der Waals surface area contributed by atoms with Gasteiger partial charge in [-0.1, -0.05) is 0 Å². The molecule has 0 bridgehead atoms. The summed E-state index contributed by atoms with van der Waals surface area (Å²) in [6.45, 7) is 1.05. The monoisotopic (exact) mass is 255 g/mol. The standard InChI is InChI=1S/C10H19F2NO4/c1-10(11,12)4-3-8(17-9(13)15)7-16-6-2-5-14/h8,14H,2-7H2,1H3,(H2,13,15)/t8-/m0/s1. The van der Waals surface area contributed by atoms with Crippen LogP contribution in [0.25, 0.3) is 0 Å². The molecule has 0 fully saturated rings. The lowest BCUT2D eigenvalue weighted by atomic mass is 10.1. The third kappa shape index (κ3) is 11.3. The Morgan fingerprint density at radius 1 is 1.53 bits per heavy atom. The molecule has 7 heteroatoms. The fourth-order valence-electron chi connectivity index (χ4n) is 1.14. The van der Waals surface area contributed by atoms with Gasteiger partial charge in [-0.05, 0) is 19.8 Å². The lowest BCUT2D eigenvalue weighted by Crippen LogP contribution is -2.29. The minimum atomic E-state index is -2.82. The first-order valence-corrected chi connectivity index (χ1v) is 5.37. The third-order valence-electron chi connectivity index (χ3n) is 1.94. The normalized spacial score (nSPS) is 13.4. The minimum absolute atomic E-state index is 0.000972. The van der Waals surface area contributed by atoms with E-state index in [9.17, 15) is 13.6 Å². The van der Waals surface area contributed by atoms with Crippen molar-refractivity contribution in [1.82, 2.24) is 0 Å². The fourth-order valence-corrected chi connectivity index (χ4v) is 1.14. The summed E-state index contributed by atoms with van der Waals surface area (Å²) < 4.78 is 34.9. The highest BCUT2D eigenvalue weighted by Gasteiger charge is 2.24. The Morgan fingerprint density at radius 3 is 2.65 bits per heavy atom. The number of aliphatic hydroxyl groups is 1. The van der Waals surface area contributed by atoms with Crippen LogP contribution in [-0.2, 0) is 9.47 Å². The molecule has 0 unspecified atom stereocenters. The van der Waals surface area contributed by atoms with Gasteiger partial charge in [0, 0.05) is 19.6 Å². The van der Waals surface area contributed by atoms with Gasteiger partial charge in [0.25, 0.3) is 0 Å². The van der Waals surface area contributed by atoms with Crippen molar-refractivity contribution in [2.24, 2.45) is 5.73 Å². The first kappa shape index (κ1) is 16.1. The van der Waals surface area contributed by atoms with Gasteiger partial charge in [0.1, 0.15) is 6.10 Å². The number of amides is 1. The van der Waals surface area contributed by atoms with Crippen LogP contribution >= 0.6 is 0 Å². The molecule has 0 aliphatic carbocycles. The Labute approximate surface area is 98.9 Å². The number of rotatable bonds is 9. The molecule has 0 aromatic heterocycles. The molecule has 0 aromatic rings. The highest BCUT2D eigenvalue weighted by molar-refractivity contribution is 5.64. The van der Waals surface area contributed by atoms with Gasteiger partial charge < -0.3 is 20.3 Å². The molecule has 0 saturated heterocycles. The smallest absolute Gasteiger partial charge is 0.404 e. The molecule has 17 heavy (non-hydrogen) atoms. The number of primary amides is 1. The Hall–Kier alpha value is -0.950. The zero-order valence-electron chi connectivity index (χ0n) is 9.83. The maximum Gasteiger partial charge on any atom is 0.404 e. The summed E-state index contributed by atoms with van der Waals surface area (Å²) in [4.78, 5) is 10.5. The number of hydrogen-bond donors (Lipinski definition) is 2. The Bertz CT molecular complexity index is 221. The van der Waals surface area contributed by atoms with Crippen molar-refractivity contribution in [3.63, 3.8) is 0 Å². The molecule has 0 aromatic carbocycles. The van der Waals surface area contributed by atoms with Crippen LogP contribution in [0.3, 0.4) is 0 Å². The maximum absolute atomic E-state index is 12.6. The summed E-state index contributed by atoms with van der Waals surface area (Å²) in [5.74, 6) is -2.82. The molecule has 3 N–H and O–H groups in total. The van der Waals surface area contributed by atoms with Crippen LogP contribution in [0.4, 0.5) is 13.6 Å². The highest BCUT2D eigenvalue weighted by atomic mass is 19.3. The van der Waals surface area contributed by atoms with Crippen LogP contribution < -0.4 is 5.73 Å². The Balaban J connectivity index is 3.92. The SMILES string of the molecule is CC(F)(F)CC[C@@H](COCCCO)OC(N)=O. The molecule has 0 aliphatic rings. The lowest BCUT2D eigenvalue weighted by molar-refractivity contribution is -0.0237. The first-order valence-electron chi connectivity index (χ1n) is 5.37. The summed E-state index contributed by atoms with van der Waals surface area (Å²) in [7, 11) is 0. The van der Waals surface area contributed by atoms with Crippen molar-refractivity contribution in [3.8, 4) is 0 Å². The van der Waals surface area contributed by atoms with Crippen LogP contribution in [0.1, 0.15) is 26.2 Å². The van der Waals surface area contributed by atoms with Crippen molar-refractivity contribution < 1.29 is 28.2 Å². The zero-order valence-corrected chi connectivity index (χ0v) is 9.83. The van der Waals surface area contributed by atoms with E-state index >= 15 is 0 Å². The largest absolute Gasteiger partial charge is 0.444 e. The number of hydrogen-bond acceptors (Lipinski definition) is 4. The van der Waals surface area contributed by atoms with Crippen LogP contribution in [-0.4, -0.2) is 43.0 Å². The number of aliphatic hydroxyl groups excluding tert-OH is 1. The van der Waals surface area contributed by atoms with E-state index in [2.05, 4.69) is 4.74 Å². The molecule has 0 radical (unpaired) electrons. The molecule has 102 valence electrons. The second-order valence-electron chi connectivity index (χ2n) is 3.82. The predicted octanol–water partition coefficient (Wildman–Crippen LogP) is 1.28. The average Bonchev–Trinajstić information content (AvgIpc) is 2.18. The lowest BCUT2D eigenvalue weighted by Gasteiger charge is -2.18. The molecule has 1 amide bonds. The molecule has 1 atom stereocenters. The number of carbonyl (C=O) groups is 1. The molecular formula is C10H19F2NO4. The third-order valence-corrected chi connectivity index (χ3v) is 1.94. The first-order chi connectivity index (χ1) is 7.85. The quantitative estimate of drug-likeness (QED) is 0.608. The molecule has 5 nitrogen and oxygen atoms in total. The average molecular weight is 255 g/mol. The molecule has 0 saturated carbocycles. The Kier molecular flexibility index (Phi) is 7.73. The van der Waals surface area contributed by atoms with Gasteiger partial charge in [-0.3, -0.25) is 0 Å². The summed E-state index contributed by atoms with van der Waals surface area (Å²) in [6.07, 6.45) is -1.79. The van der Waals surface area contributed by atoms with Gasteiger partial charge in [0.15, 0.2) is 0 Å². The zero-order chi connectivity index (χ0) is 13.3. The van der Waals surface area contributed by atoms with E-state index in [1.54, 1.807) is 0 Å². The number of carbonyl (C=O) groups excluding carboxylic acids is 1. The minimum Gasteiger partial charge on any atom is -0.444 e. The van der Waals surface area contributed by atoms with Gasteiger partial charge in [-0.2, -0.15) is 0 Å². The van der Waals surface area contributed by atoms with E-state index in [1.165, 1.54) is 0 Å². The number of halogens is 2. The van der Waals surface area contributed by atoms with Crippen LogP contribution in [0.15, 0.2) is 0 Å². The van der Waals surface area contributed by atoms with Crippen molar-refractivity contribution in [3.05, 3.63) is 0 Å². The maximum atomic E-state index is 12.6. The van der Waals surface area contributed by atoms with E-state index in [4.69, 9.17) is 15.6 Å². The molecule has 0 rings (SSSR count). The summed E-state index contributed by atoms with van der Waals surface area (Å²) in [5, 5.41) is 8.50. The van der Waals surface area contributed by atoms with Crippen LogP contribution in [0.2, 0.25) is 0 Å². The number of ether oxygens (including phenoxy) is 2. The van der Waals surface area contributed by atoms with E-state index in [-0.39, 0.29) is 26.2 Å². The highest BCUT2D eigenvalue weighted by Crippen LogP contribution is 2.20. The van der Waals surface area contributed by atoms with E-state index in [0.717, 1.165) is 6.92 Å². The van der Waals surface area contributed by atoms with E-state index in [1.807, 2.05) is 0 Å². The number of alkyl halides is 2. The van der Waals surface area contributed by atoms with E-state index in [0.29, 0.717) is 6.42 Å². The van der Waals surface area contributed by atoms with Gasteiger partial charge in [0.05, 0.1) is 6.61 Å². The molecule has 0 heterocycles. The van der Waals surface area contributed by atoms with E-state index < -0.39 is 24.5 Å². The summed E-state index contributed by atoms with van der Waals surface area (Å²) >= 11 is 0. The van der Waals surface area contributed by atoms with Gasteiger partial charge in [0.2, 0.25) is 5.92 Å². The number of nitrogens with two attached hydrogens (primary N) is 1. The van der Waals surface area contributed by atoms with Crippen molar-refractivity contribution in [2.75, 3.05) is 19.8 Å². The molecule has 0 spiro atoms. The summed E-state index contributed by atoms with van der Waals surface area (Å²) in [6, 6.07) is 0. The second-order valence-corrected chi connectivity index (χ2v) is 3.82. The Morgan fingerprint density at radius 2 is 2.18 bits per heavy atom. The van der Waals surface area contributed by atoms with Gasteiger partial charge >= 0.3 is 6.09 Å². The van der Waals surface area contributed by atoms with Crippen molar-refractivity contribution in [2.45, 2.75) is 38.2 Å². The topological polar surface area (TPSA) is 81.8 Å². The van der Waals surface area contributed by atoms with Crippen molar-refractivity contribution in [1.29, 1.82) is 0 Å². The fraction of sp³-hybridized carbons (Fsp3) is 0.900. The predicted molar refractivity (Wildman–Crippen MR) is 56.8 cm³/mol. The van der Waals surface area contributed by atoms with Gasteiger partial charge in [-0.25, -0.2) is 13.6 Å². The van der Waals surface area contributed by atoms with Gasteiger partial charge in [-0.15, -0.1) is 0 Å². The van der Waals surface area contributed by atoms with Crippen LogP contribution in [0.5, 0.6) is 0 Å². The summed E-state index contributed by atoms with van der Waals surface area (Å²) in [5.41, 5.74) is 4.82. The molecule has 0 aliphatic heterocycles. The molecular weight excluding hydrogens is 236 g/mol.